The molecule has 180 valence electrons. The second-order valence-corrected chi connectivity index (χ2v) is 21.6. The molecule has 0 spiro atoms. The highest BCUT2D eigenvalue weighted by Crippen LogP contribution is 2.26. The summed E-state index contributed by atoms with van der Waals surface area (Å²) in [6.45, 7) is 14.3. The standard InChI is InChI=1S/C31H38N2Si2/c1-34(2,3)30-20-14-25(15-21-30)12-18-27-24-29(33(32-27)28-10-8-7-9-11-28)19-13-26-16-22-31(23-17-26)35(4,5)6/h7-23,29H,24H2,1-6H3. The molecule has 1 aliphatic heterocycles. The molecule has 0 aliphatic carbocycles. The zero-order chi connectivity index (χ0) is 25.1. The van der Waals surface area contributed by atoms with Crippen LogP contribution in [-0.4, -0.2) is 27.9 Å². The fraction of sp³-hybridized carbons (Fsp3) is 0.258. The first kappa shape index (κ1) is 25.1. The van der Waals surface area contributed by atoms with Crippen LogP contribution >= 0.6 is 0 Å². The van der Waals surface area contributed by atoms with Crippen LogP contribution in [0.3, 0.4) is 0 Å². The Kier molecular flexibility index (Phi) is 7.43. The highest BCUT2D eigenvalue weighted by molar-refractivity contribution is 6.89. The van der Waals surface area contributed by atoms with Gasteiger partial charge in [-0.3, -0.25) is 5.01 Å². The van der Waals surface area contributed by atoms with E-state index in [1.807, 2.05) is 0 Å². The van der Waals surface area contributed by atoms with E-state index in [4.69, 9.17) is 5.10 Å². The number of para-hydroxylation sites is 1. The average molecular weight is 495 g/mol. The predicted octanol–water partition coefficient (Wildman–Crippen LogP) is 7.14. The summed E-state index contributed by atoms with van der Waals surface area (Å²) >= 11 is 0. The van der Waals surface area contributed by atoms with Crippen molar-refractivity contribution < 1.29 is 0 Å². The fourth-order valence-corrected chi connectivity index (χ4v) is 6.57. The zero-order valence-corrected chi connectivity index (χ0v) is 24.0. The largest absolute Gasteiger partial charge is 0.258 e. The van der Waals surface area contributed by atoms with Gasteiger partial charge in [-0.1, -0.05) is 135 Å². The molecule has 0 aromatic heterocycles. The van der Waals surface area contributed by atoms with E-state index in [-0.39, 0.29) is 6.04 Å². The van der Waals surface area contributed by atoms with Gasteiger partial charge in [0, 0.05) is 6.42 Å². The second kappa shape index (κ2) is 10.3. The van der Waals surface area contributed by atoms with Crippen LogP contribution in [0.25, 0.3) is 12.2 Å². The van der Waals surface area contributed by atoms with E-state index >= 15 is 0 Å². The van der Waals surface area contributed by atoms with Crippen molar-refractivity contribution in [3.05, 3.63) is 102 Å². The smallest absolute Gasteiger partial charge is 0.0775 e. The Morgan fingerprint density at radius 3 is 1.69 bits per heavy atom. The molecule has 2 nitrogen and oxygen atoms in total. The monoisotopic (exact) mass is 494 g/mol. The van der Waals surface area contributed by atoms with Crippen LogP contribution in [0, 0.1) is 0 Å². The summed E-state index contributed by atoms with van der Waals surface area (Å²) in [5.74, 6) is 0. The summed E-state index contributed by atoms with van der Waals surface area (Å²) in [4.78, 5) is 0. The molecule has 3 aromatic rings. The van der Waals surface area contributed by atoms with Crippen molar-refractivity contribution in [1.29, 1.82) is 0 Å². The zero-order valence-electron chi connectivity index (χ0n) is 22.0. The van der Waals surface area contributed by atoms with Gasteiger partial charge in [0.25, 0.3) is 0 Å². The van der Waals surface area contributed by atoms with Crippen molar-refractivity contribution in [2.24, 2.45) is 5.10 Å². The molecule has 4 rings (SSSR count). The third kappa shape index (κ3) is 6.59. The number of nitrogens with zero attached hydrogens (tertiary/aromatic N) is 2. The van der Waals surface area contributed by atoms with Crippen LogP contribution in [0.2, 0.25) is 39.3 Å². The van der Waals surface area contributed by atoms with Gasteiger partial charge in [0.2, 0.25) is 0 Å². The first-order valence-electron chi connectivity index (χ1n) is 12.6. The quantitative estimate of drug-likeness (QED) is 0.319. The molecule has 4 heteroatoms. The van der Waals surface area contributed by atoms with E-state index in [0.717, 1.165) is 17.8 Å². The number of anilines is 1. The fourth-order valence-electron chi connectivity index (χ4n) is 4.24. The lowest BCUT2D eigenvalue weighted by Crippen LogP contribution is -2.37. The molecule has 0 amide bonds. The molecule has 3 aromatic carbocycles. The number of hydrazone groups is 1. The van der Waals surface area contributed by atoms with Crippen molar-refractivity contribution in [1.82, 2.24) is 0 Å². The number of rotatable bonds is 7. The van der Waals surface area contributed by atoms with E-state index in [2.05, 4.69) is 147 Å². The summed E-state index contributed by atoms with van der Waals surface area (Å²) < 4.78 is 0. The van der Waals surface area contributed by atoms with E-state index < -0.39 is 16.1 Å². The molecule has 1 aliphatic rings. The summed E-state index contributed by atoms with van der Waals surface area (Å²) in [7, 11) is -2.55. The van der Waals surface area contributed by atoms with Gasteiger partial charge in [0.15, 0.2) is 0 Å². The Morgan fingerprint density at radius 2 is 1.17 bits per heavy atom. The van der Waals surface area contributed by atoms with Gasteiger partial charge >= 0.3 is 0 Å². The topological polar surface area (TPSA) is 15.6 Å². The first-order valence-corrected chi connectivity index (χ1v) is 19.6. The molecule has 0 saturated heterocycles. The van der Waals surface area contributed by atoms with Crippen LogP contribution < -0.4 is 15.4 Å². The molecular weight excluding hydrogens is 457 g/mol. The van der Waals surface area contributed by atoms with Gasteiger partial charge in [-0.15, -0.1) is 0 Å². The summed E-state index contributed by atoms with van der Waals surface area (Å²) in [6, 6.07) is 28.8. The van der Waals surface area contributed by atoms with Gasteiger partial charge in [-0.2, -0.15) is 5.10 Å². The summed E-state index contributed by atoms with van der Waals surface area (Å²) in [5.41, 5.74) is 4.69. The minimum absolute atomic E-state index is 0.197. The lowest BCUT2D eigenvalue weighted by molar-refractivity contribution is 0.791. The first-order chi connectivity index (χ1) is 16.6. The molecule has 1 heterocycles. The average Bonchev–Trinajstić information content (AvgIpc) is 3.24. The van der Waals surface area contributed by atoms with Crippen molar-refractivity contribution in [3.8, 4) is 0 Å². The van der Waals surface area contributed by atoms with Crippen LogP contribution in [-0.2, 0) is 0 Å². The molecule has 1 unspecified atom stereocenters. The molecule has 0 saturated carbocycles. The Labute approximate surface area is 213 Å². The summed E-state index contributed by atoms with van der Waals surface area (Å²) in [6.07, 6.45) is 9.80. The SMILES string of the molecule is C[Si](C)(C)c1ccc(C=CC2=NN(c3ccccc3)C(C=Cc3ccc([Si](C)(C)C)cc3)C2)cc1. The second-order valence-electron chi connectivity index (χ2n) is 11.5. The summed E-state index contributed by atoms with van der Waals surface area (Å²) in [5, 5.41) is 10.1. The maximum absolute atomic E-state index is 4.99. The van der Waals surface area contributed by atoms with E-state index in [1.54, 1.807) is 0 Å². The van der Waals surface area contributed by atoms with Crippen molar-refractivity contribution in [3.63, 3.8) is 0 Å². The molecule has 0 N–H and O–H groups in total. The van der Waals surface area contributed by atoms with Gasteiger partial charge in [-0.05, 0) is 29.3 Å². The highest BCUT2D eigenvalue weighted by Gasteiger charge is 2.24. The normalized spacial score (nSPS) is 16.9. The highest BCUT2D eigenvalue weighted by atomic mass is 28.3. The van der Waals surface area contributed by atoms with E-state index in [1.165, 1.54) is 21.5 Å². The van der Waals surface area contributed by atoms with Gasteiger partial charge < -0.3 is 0 Å². The Bertz CT molecular complexity index is 1210. The van der Waals surface area contributed by atoms with Gasteiger partial charge in [-0.25, -0.2) is 0 Å². The van der Waals surface area contributed by atoms with E-state index in [0.29, 0.717) is 0 Å². The van der Waals surface area contributed by atoms with Crippen molar-refractivity contribution >= 4 is 50.1 Å². The Morgan fingerprint density at radius 1 is 0.657 bits per heavy atom. The lowest BCUT2D eigenvalue weighted by atomic mass is 10.1. The van der Waals surface area contributed by atoms with E-state index in [9.17, 15) is 0 Å². The third-order valence-corrected chi connectivity index (χ3v) is 10.7. The van der Waals surface area contributed by atoms with Gasteiger partial charge in [0.1, 0.15) is 0 Å². The Hall–Kier alpha value is -2.96. The lowest BCUT2D eigenvalue weighted by Gasteiger charge is -2.21. The number of hydrogen-bond acceptors (Lipinski definition) is 2. The van der Waals surface area contributed by atoms with Crippen LogP contribution in [0.4, 0.5) is 5.69 Å². The van der Waals surface area contributed by atoms with Crippen LogP contribution in [0.5, 0.6) is 0 Å². The van der Waals surface area contributed by atoms with Gasteiger partial charge in [0.05, 0.1) is 33.6 Å². The number of allylic oxidation sites excluding steroid dienone is 1. The maximum atomic E-state index is 4.99. The Balaban J connectivity index is 1.52. The number of benzene rings is 3. The molecule has 0 fully saturated rings. The minimum Gasteiger partial charge on any atom is -0.258 e. The molecule has 0 bridgehead atoms. The van der Waals surface area contributed by atoms with Crippen LogP contribution in [0.15, 0.2) is 96.1 Å². The number of hydrogen-bond donors (Lipinski definition) is 0. The minimum atomic E-state index is -1.28. The molecule has 1 atom stereocenters. The van der Waals surface area contributed by atoms with Crippen LogP contribution in [0.1, 0.15) is 17.5 Å². The molecular formula is C31H38N2Si2. The third-order valence-electron chi connectivity index (χ3n) is 6.52. The predicted molar refractivity (Wildman–Crippen MR) is 162 cm³/mol. The maximum Gasteiger partial charge on any atom is 0.0775 e. The molecule has 35 heavy (non-hydrogen) atoms. The van der Waals surface area contributed by atoms with Crippen molar-refractivity contribution in [2.45, 2.75) is 51.7 Å². The van der Waals surface area contributed by atoms with Crippen molar-refractivity contribution in [2.75, 3.05) is 5.01 Å². The molecule has 0 radical (unpaired) electrons.